The minimum atomic E-state index is -0.962. The first kappa shape index (κ1) is 19.1. The van der Waals surface area contributed by atoms with Crippen LogP contribution in [0.5, 0.6) is 5.75 Å². The van der Waals surface area contributed by atoms with Crippen molar-refractivity contribution in [3.8, 4) is 5.75 Å². The monoisotopic (exact) mass is 381 g/mol. The molecule has 0 spiro atoms. The number of nitrogens with one attached hydrogen (secondary N) is 1. The van der Waals surface area contributed by atoms with E-state index in [9.17, 15) is 9.59 Å². The van der Waals surface area contributed by atoms with Crippen LogP contribution in [0.2, 0.25) is 10.0 Å². The molecule has 25 heavy (non-hydrogen) atoms. The number of carbonyl (C=O) groups excluding carboxylic acids is 2. The Kier molecular flexibility index (Phi) is 7.10. The lowest BCUT2D eigenvalue weighted by Crippen LogP contribution is -2.30. The molecule has 0 radical (unpaired) electrons. The summed E-state index contributed by atoms with van der Waals surface area (Å²) in [5.74, 6) is -0.346. The van der Waals surface area contributed by atoms with Gasteiger partial charge in [0.25, 0.3) is 5.91 Å². The van der Waals surface area contributed by atoms with E-state index in [-0.39, 0.29) is 13.0 Å². The molecule has 0 aliphatic carbocycles. The summed E-state index contributed by atoms with van der Waals surface area (Å²) in [6, 6.07) is 13.8. The van der Waals surface area contributed by atoms with Crippen molar-refractivity contribution >= 4 is 40.8 Å². The third kappa shape index (κ3) is 6.29. The van der Waals surface area contributed by atoms with Crippen LogP contribution in [0.3, 0.4) is 0 Å². The van der Waals surface area contributed by atoms with Crippen LogP contribution >= 0.6 is 23.2 Å². The highest BCUT2D eigenvalue weighted by atomic mass is 35.5. The van der Waals surface area contributed by atoms with Crippen molar-refractivity contribution in [3.63, 3.8) is 0 Å². The number of amides is 1. The second-order valence-electron chi connectivity index (χ2n) is 5.16. The average molecular weight is 382 g/mol. The van der Waals surface area contributed by atoms with Crippen LogP contribution in [-0.4, -0.2) is 24.6 Å². The molecule has 0 heterocycles. The highest BCUT2D eigenvalue weighted by Gasteiger charge is 2.18. The largest absolute Gasteiger partial charge is 0.493 e. The standard InChI is InChI=1S/C18H17Cl2NO4/c1-12(18(23)21-16-8-7-13(19)11-15(16)20)25-17(22)9-10-24-14-5-3-2-4-6-14/h2-8,11-12H,9-10H2,1H3,(H,21,23)/t12-/m0/s1. The molecule has 5 nitrogen and oxygen atoms in total. The van der Waals surface area contributed by atoms with Crippen LogP contribution in [0, 0.1) is 0 Å². The Hall–Kier alpha value is -2.24. The molecule has 0 saturated carbocycles. The number of hydrogen-bond acceptors (Lipinski definition) is 4. The summed E-state index contributed by atoms with van der Waals surface area (Å²) in [5.41, 5.74) is 0.395. The fourth-order valence-electron chi connectivity index (χ4n) is 1.90. The zero-order valence-corrected chi connectivity index (χ0v) is 15.0. The fraction of sp³-hybridized carbons (Fsp3) is 0.222. The summed E-state index contributed by atoms with van der Waals surface area (Å²) in [6.45, 7) is 1.65. The van der Waals surface area contributed by atoms with Gasteiger partial charge in [-0.25, -0.2) is 0 Å². The molecule has 0 aliphatic heterocycles. The Morgan fingerprint density at radius 1 is 1.12 bits per heavy atom. The summed E-state index contributed by atoms with van der Waals surface area (Å²) < 4.78 is 10.5. The lowest BCUT2D eigenvalue weighted by molar-refractivity contribution is -0.153. The minimum Gasteiger partial charge on any atom is -0.493 e. The fourth-order valence-corrected chi connectivity index (χ4v) is 2.36. The maximum absolute atomic E-state index is 12.1. The second-order valence-corrected chi connectivity index (χ2v) is 6.00. The zero-order valence-electron chi connectivity index (χ0n) is 13.5. The van der Waals surface area contributed by atoms with Gasteiger partial charge < -0.3 is 14.8 Å². The van der Waals surface area contributed by atoms with E-state index in [0.717, 1.165) is 0 Å². The molecule has 1 amide bonds. The number of hydrogen-bond donors (Lipinski definition) is 1. The molecule has 0 saturated heterocycles. The van der Waals surface area contributed by atoms with Crippen molar-refractivity contribution in [1.82, 2.24) is 0 Å². The Balaban J connectivity index is 1.77. The molecule has 0 aliphatic rings. The number of benzene rings is 2. The van der Waals surface area contributed by atoms with E-state index >= 15 is 0 Å². The minimum absolute atomic E-state index is 0.0359. The molecular weight excluding hydrogens is 365 g/mol. The summed E-state index contributed by atoms with van der Waals surface area (Å²) in [4.78, 5) is 23.9. The topological polar surface area (TPSA) is 64.6 Å². The van der Waals surface area contributed by atoms with Crippen LogP contribution in [0.25, 0.3) is 0 Å². The van der Waals surface area contributed by atoms with Gasteiger partial charge in [-0.15, -0.1) is 0 Å². The van der Waals surface area contributed by atoms with Crippen molar-refractivity contribution in [2.45, 2.75) is 19.4 Å². The van der Waals surface area contributed by atoms with Gasteiger partial charge in [0.2, 0.25) is 0 Å². The molecule has 2 rings (SSSR count). The lowest BCUT2D eigenvalue weighted by Gasteiger charge is -2.14. The normalized spacial score (nSPS) is 11.5. The molecule has 0 aromatic heterocycles. The van der Waals surface area contributed by atoms with Crippen LogP contribution < -0.4 is 10.1 Å². The van der Waals surface area contributed by atoms with E-state index in [1.165, 1.54) is 13.0 Å². The molecule has 1 atom stereocenters. The Morgan fingerprint density at radius 3 is 2.52 bits per heavy atom. The smallest absolute Gasteiger partial charge is 0.310 e. The van der Waals surface area contributed by atoms with Crippen LogP contribution in [0.15, 0.2) is 48.5 Å². The quantitative estimate of drug-likeness (QED) is 0.724. The predicted molar refractivity (Wildman–Crippen MR) is 97.2 cm³/mol. The molecule has 0 unspecified atom stereocenters. The van der Waals surface area contributed by atoms with Crippen molar-refractivity contribution < 1.29 is 19.1 Å². The lowest BCUT2D eigenvalue weighted by atomic mass is 10.3. The van der Waals surface area contributed by atoms with Gasteiger partial charge in [-0.1, -0.05) is 41.4 Å². The number of para-hydroxylation sites is 1. The van der Waals surface area contributed by atoms with E-state index in [0.29, 0.717) is 21.5 Å². The van der Waals surface area contributed by atoms with Crippen LogP contribution in [0.4, 0.5) is 5.69 Å². The Bertz CT molecular complexity index is 737. The molecule has 2 aromatic carbocycles. The van der Waals surface area contributed by atoms with Crippen LogP contribution in [0.1, 0.15) is 13.3 Å². The predicted octanol–water partition coefficient (Wildman–Crippen LogP) is 4.33. The maximum Gasteiger partial charge on any atom is 0.310 e. The molecule has 2 aromatic rings. The van der Waals surface area contributed by atoms with Crippen molar-refractivity contribution in [2.24, 2.45) is 0 Å². The highest BCUT2D eigenvalue weighted by molar-refractivity contribution is 6.36. The van der Waals surface area contributed by atoms with Crippen LogP contribution in [-0.2, 0) is 14.3 Å². The number of anilines is 1. The van der Waals surface area contributed by atoms with E-state index in [4.69, 9.17) is 32.7 Å². The number of esters is 1. The number of ether oxygens (including phenoxy) is 2. The third-order valence-corrected chi connectivity index (χ3v) is 3.73. The first-order valence-electron chi connectivity index (χ1n) is 7.59. The van der Waals surface area contributed by atoms with Gasteiger partial charge in [0, 0.05) is 5.02 Å². The van der Waals surface area contributed by atoms with E-state index in [1.807, 2.05) is 18.2 Å². The third-order valence-electron chi connectivity index (χ3n) is 3.18. The summed E-state index contributed by atoms with van der Waals surface area (Å²) >= 11 is 11.8. The van der Waals surface area contributed by atoms with Gasteiger partial charge >= 0.3 is 5.97 Å². The Morgan fingerprint density at radius 2 is 1.84 bits per heavy atom. The molecule has 1 N–H and O–H groups in total. The van der Waals surface area contributed by atoms with Gasteiger partial charge in [0.15, 0.2) is 6.10 Å². The van der Waals surface area contributed by atoms with Gasteiger partial charge in [-0.3, -0.25) is 9.59 Å². The van der Waals surface area contributed by atoms with Gasteiger partial charge in [0.1, 0.15) is 5.75 Å². The van der Waals surface area contributed by atoms with Crippen molar-refractivity contribution in [3.05, 3.63) is 58.6 Å². The van der Waals surface area contributed by atoms with Crippen molar-refractivity contribution in [1.29, 1.82) is 0 Å². The van der Waals surface area contributed by atoms with Crippen molar-refractivity contribution in [2.75, 3.05) is 11.9 Å². The first-order valence-corrected chi connectivity index (χ1v) is 8.34. The molecular formula is C18H17Cl2NO4. The molecule has 132 valence electrons. The highest BCUT2D eigenvalue weighted by Crippen LogP contribution is 2.25. The molecule has 0 bridgehead atoms. The number of halogens is 2. The van der Waals surface area contributed by atoms with Gasteiger partial charge in [0.05, 0.1) is 23.7 Å². The average Bonchev–Trinajstić information content (AvgIpc) is 2.58. The summed E-state index contributed by atoms with van der Waals surface area (Å²) in [5, 5.41) is 3.35. The number of carbonyl (C=O) groups is 2. The molecule has 7 heteroatoms. The molecule has 0 fully saturated rings. The Labute approximate surface area is 155 Å². The van der Waals surface area contributed by atoms with E-state index in [1.54, 1.807) is 24.3 Å². The zero-order chi connectivity index (χ0) is 18.2. The summed E-state index contributed by atoms with van der Waals surface area (Å²) in [7, 11) is 0. The maximum atomic E-state index is 12.1. The van der Waals surface area contributed by atoms with Gasteiger partial charge in [-0.05, 0) is 37.3 Å². The second kappa shape index (κ2) is 9.30. The van der Waals surface area contributed by atoms with E-state index < -0.39 is 18.0 Å². The SMILES string of the molecule is C[C@H](OC(=O)CCOc1ccccc1)C(=O)Nc1ccc(Cl)cc1Cl. The first-order chi connectivity index (χ1) is 12.0. The summed E-state index contributed by atoms with van der Waals surface area (Å²) in [6.07, 6.45) is -0.926. The number of rotatable bonds is 7. The van der Waals surface area contributed by atoms with E-state index in [2.05, 4.69) is 5.32 Å². The van der Waals surface area contributed by atoms with Gasteiger partial charge in [-0.2, -0.15) is 0 Å².